The Hall–Kier alpha value is -0.850. The van der Waals surface area contributed by atoms with Crippen LogP contribution in [0.1, 0.15) is 46.5 Å². The topological polar surface area (TPSA) is 17.1 Å². The highest BCUT2D eigenvalue weighted by atomic mass is 16.1. The summed E-state index contributed by atoms with van der Waals surface area (Å²) in [5, 5.41) is 0. The summed E-state index contributed by atoms with van der Waals surface area (Å²) in [5.41, 5.74) is 2.86. The van der Waals surface area contributed by atoms with Crippen LogP contribution in [-0.4, -0.2) is 6.29 Å². The number of hydrogen-bond donors (Lipinski definition) is 0. The molecule has 0 N–H and O–H groups in total. The third kappa shape index (κ3) is 4.03. The minimum atomic E-state index is 0.261. The lowest BCUT2D eigenvalue weighted by Crippen LogP contribution is -2.17. The largest absolute Gasteiger partial charge is 0.303 e. The second-order valence-corrected chi connectivity index (χ2v) is 4.90. The van der Waals surface area contributed by atoms with Gasteiger partial charge in [-0.3, -0.25) is 0 Å². The lowest BCUT2D eigenvalue weighted by Gasteiger charge is -2.24. The maximum absolute atomic E-state index is 10.9. The van der Waals surface area contributed by atoms with Crippen molar-refractivity contribution in [3.05, 3.63) is 23.3 Å². The van der Waals surface area contributed by atoms with Crippen molar-refractivity contribution < 1.29 is 4.79 Å². The van der Waals surface area contributed by atoms with E-state index in [1.54, 1.807) is 0 Å². The Balaban J connectivity index is 2.43. The third-order valence-corrected chi connectivity index (χ3v) is 3.20. The lowest BCUT2D eigenvalue weighted by molar-refractivity contribution is -0.112. The minimum absolute atomic E-state index is 0.261. The molecule has 2 atom stereocenters. The highest BCUT2D eigenvalue weighted by Crippen LogP contribution is 2.30. The van der Waals surface area contributed by atoms with Gasteiger partial charge >= 0.3 is 0 Å². The van der Waals surface area contributed by atoms with Crippen LogP contribution in [0.25, 0.3) is 0 Å². The van der Waals surface area contributed by atoms with Gasteiger partial charge in [0.15, 0.2) is 0 Å². The summed E-state index contributed by atoms with van der Waals surface area (Å²) in [6.45, 7) is 6.43. The quantitative estimate of drug-likeness (QED) is 0.503. The van der Waals surface area contributed by atoms with Crippen LogP contribution in [0.2, 0.25) is 0 Å². The number of aldehydes is 1. The van der Waals surface area contributed by atoms with Crippen molar-refractivity contribution in [1.82, 2.24) is 0 Å². The number of carbonyl (C=O) groups excluding carboxylic acids is 1. The van der Waals surface area contributed by atoms with Gasteiger partial charge in [0, 0.05) is 5.92 Å². The zero-order valence-corrected chi connectivity index (χ0v) is 10.1. The first kappa shape index (κ1) is 12.2. The van der Waals surface area contributed by atoms with Crippen molar-refractivity contribution in [2.24, 2.45) is 11.8 Å². The fourth-order valence-electron chi connectivity index (χ4n) is 2.05. The van der Waals surface area contributed by atoms with Crippen molar-refractivity contribution in [2.45, 2.75) is 46.5 Å². The fraction of sp³-hybridized carbons (Fsp3) is 0.643. The van der Waals surface area contributed by atoms with Gasteiger partial charge in [0.1, 0.15) is 6.29 Å². The van der Waals surface area contributed by atoms with Gasteiger partial charge in [0.2, 0.25) is 0 Å². The lowest BCUT2D eigenvalue weighted by atomic mass is 9.80. The predicted octanol–water partition coefficient (Wildman–Crippen LogP) is 3.90. The van der Waals surface area contributed by atoms with E-state index in [2.05, 4.69) is 32.9 Å². The van der Waals surface area contributed by atoms with Gasteiger partial charge in [0.05, 0.1) is 0 Å². The van der Waals surface area contributed by atoms with Crippen molar-refractivity contribution in [2.75, 3.05) is 0 Å². The van der Waals surface area contributed by atoms with E-state index in [0.717, 1.165) is 32.0 Å². The fourth-order valence-corrected chi connectivity index (χ4v) is 2.05. The number of allylic oxidation sites excluding steroid dienone is 4. The van der Waals surface area contributed by atoms with Crippen LogP contribution in [-0.2, 0) is 4.79 Å². The molecule has 0 saturated heterocycles. The normalized spacial score (nSPS) is 25.7. The average Bonchev–Trinajstić information content (AvgIpc) is 2.20. The number of carbonyl (C=O) groups is 1. The molecule has 0 fully saturated rings. The molecule has 0 bridgehead atoms. The van der Waals surface area contributed by atoms with Gasteiger partial charge < -0.3 is 4.79 Å². The first-order valence-electron chi connectivity index (χ1n) is 5.90. The molecule has 1 nitrogen and oxygen atoms in total. The standard InChI is InChI=1S/C14H22O/c1-11(2)5-4-6-13-8-7-12(3)14(9-13)10-15/h5,8,10,12,14H,4,6-7,9H2,1-3H3/t12-,14+/m1/s1. The Morgan fingerprint density at radius 3 is 2.87 bits per heavy atom. The van der Waals surface area contributed by atoms with Crippen molar-refractivity contribution in [1.29, 1.82) is 0 Å². The Morgan fingerprint density at radius 2 is 2.27 bits per heavy atom. The molecule has 0 aliphatic heterocycles. The Labute approximate surface area is 93.3 Å². The zero-order valence-electron chi connectivity index (χ0n) is 10.1. The van der Waals surface area contributed by atoms with Gasteiger partial charge in [-0.25, -0.2) is 0 Å². The summed E-state index contributed by atoms with van der Waals surface area (Å²) in [4.78, 5) is 10.9. The first-order valence-corrected chi connectivity index (χ1v) is 5.90. The highest BCUT2D eigenvalue weighted by Gasteiger charge is 2.21. The van der Waals surface area contributed by atoms with E-state index >= 15 is 0 Å². The molecule has 0 radical (unpaired) electrons. The molecule has 0 spiro atoms. The molecule has 15 heavy (non-hydrogen) atoms. The van der Waals surface area contributed by atoms with Gasteiger partial charge in [-0.15, -0.1) is 0 Å². The maximum Gasteiger partial charge on any atom is 0.123 e. The summed E-state index contributed by atoms with van der Waals surface area (Å²) in [6.07, 6.45) is 10.1. The molecule has 1 aliphatic carbocycles. The van der Waals surface area contributed by atoms with Crippen LogP contribution >= 0.6 is 0 Å². The smallest absolute Gasteiger partial charge is 0.123 e. The molecule has 1 heteroatoms. The van der Waals surface area contributed by atoms with Crippen LogP contribution < -0.4 is 0 Å². The van der Waals surface area contributed by atoms with Crippen LogP contribution in [0.3, 0.4) is 0 Å². The minimum Gasteiger partial charge on any atom is -0.303 e. The molecular formula is C14H22O. The SMILES string of the molecule is CC(C)=CCCC1=CC[C@@H](C)[C@H](C=O)C1. The van der Waals surface area contributed by atoms with Crippen molar-refractivity contribution in [3.8, 4) is 0 Å². The van der Waals surface area contributed by atoms with Crippen LogP contribution in [0.4, 0.5) is 0 Å². The van der Waals surface area contributed by atoms with Crippen molar-refractivity contribution >= 4 is 6.29 Å². The molecule has 0 heterocycles. The summed E-state index contributed by atoms with van der Waals surface area (Å²) in [5.74, 6) is 0.798. The third-order valence-electron chi connectivity index (χ3n) is 3.20. The number of rotatable bonds is 4. The first-order chi connectivity index (χ1) is 7.13. The maximum atomic E-state index is 10.9. The molecular weight excluding hydrogens is 184 g/mol. The Kier molecular flexibility index (Phi) is 4.80. The molecule has 0 aromatic rings. The van der Waals surface area contributed by atoms with Crippen LogP contribution in [0.5, 0.6) is 0 Å². The Bertz CT molecular complexity index is 269. The molecule has 0 saturated carbocycles. The van der Waals surface area contributed by atoms with E-state index in [0.29, 0.717) is 5.92 Å². The van der Waals surface area contributed by atoms with Gasteiger partial charge in [-0.2, -0.15) is 0 Å². The van der Waals surface area contributed by atoms with E-state index in [1.165, 1.54) is 11.1 Å². The Morgan fingerprint density at radius 1 is 1.53 bits per heavy atom. The van der Waals surface area contributed by atoms with Gasteiger partial charge in [-0.1, -0.05) is 30.2 Å². The van der Waals surface area contributed by atoms with Crippen molar-refractivity contribution in [3.63, 3.8) is 0 Å². The molecule has 0 amide bonds. The van der Waals surface area contributed by atoms with E-state index < -0.39 is 0 Å². The molecule has 1 rings (SSSR count). The second-order valence-electron chi connectivity index (χ2n) is 4.90. The zero-order chi connectivity index (χ0) is 11.3. The monoisotopic (exact) mass is 206 g/mol. The highest BCUT2D eigenvalue weighted by molar-refractivity contribution is 5.55. The van der Waals surface area contributed by atoms with E-state index in [1.807, 2.05) is 0 Å². The molecule has 1 aliphatic rings. The molecule has 84 valence electrons. The van der Waals surface area contributed by atoms with Gasteiger partial charge in [0.25, 0.3) is 0 Å². The van der Waals surface area contributed by atoms with Crippen LogP contribution in [0, 0.1) is 11.8 Å². The van der Waals surface area contributed by atoms with Crippen LogP contribution in [0.15, 0.2) is 23.3 Å². The summed E-state index contributed by atoms with van der Waals surface area (Å²) in [7, 11) is 0. The summed E-state index contributed by atoms with van der Waals surface area (Å²) < 4.78 is 0. The second kappa shape index (κ2) is 5.89. The molecule has 0 aromatic carbocycles. The molecule has 0 unspecified atom stereocenters. The summed E-state index contributed by atoms with van der Waals surface area (Å²) >= 11 is 0. The summed E-state index contributed by atoms with van der Waals surface area (Å²) in [6, 6.07) is 0. The number of hydrogen-bond acceptors (Lipinski definition) is 1. The molecule has 0 aromatic heterocycles. The van der Waals surface area contributed by atoms with Gasteiger partial charge in [-0.05, 0) is 45.4 Å². The van der Waals surface area contributed by atoms with E-state index in [9.17, 15) is 4.79 Å². The van der Waals surface area contributed by atoms with E-state index in [-0.39, 0.29) is 5.92 Å². The average molecular weight is 206 g/mol. The predicted molar refractivity (Wildman–Crippen MR) is 64.7 cm³/mol. The van der Waals surface area contributed by atoms with E-state index in [4.69, 9.17) is 0 Å².